The first kappa shape index (κ1) is 36.3. The average molecular weight is 818 g/mol. The summed E-state index contributed by atoms with van der Waals surface area (Å²) >= 11 is 0. The predicted molar refractivity (Wildman–Crippen MR) is 263 cm³/mol. The number of hydrogen-bond acceptors (Lipinski definition) is 4. The topological polar surface area (TPSA) is 46.8 Å². The Labute approximate surface area is 370 Å². The van der Waals surface area contributed by atoms with Gasteiger partial charge in [-0.1, -0.05) is 176 Å². The molecule has 9 aromatic carbocycles. The molecule has 0 amide bonds. The van der Waals surface area contributed by atoms with Crippen molar-refractivity contribution in [3.8, 4) is 51.0 Å². The number of benzene rings is 9. The summed E-state index contributed by atoms with van der Waals surface area (Å²) in [5, 5.41) is 6.04. The molecule has 11 aromatic rings. The molecule has 5 nitrogen and oxygen atoms in total. The molecule has 0 radical (unpaired) electrons. The summed E-state index contributed by atoms with van der Waals surface area (Å²) < 4.78 is 2.50. The minimum atomic E-state index is 0.189. The monoisotopic (exact) mass is 817 g/mol. The molecule has 1 aliphatic carbocycles. The first-order valence-electron chi connectivity index (χ1n) is 22.0. The van der Waals surface area contributed by atoms with E-state index in [1.807, 2.05) is 24.3 Å². The van der Waals surface area contributed by atoms with Gasteiger partial charge in [0.25, 0.3) is 0 Å². The minimum Gasteiger partial charge on any atom is -0.313 e. The molecule has 0 spiro atoms. The van der Waals surface area contributed by atoms with Crippen LogP contribution in [-0.4, -0.2) is 19.5 Å². The number of nitrogens with zero attached hydrogens (tertiary/aromatic N) is 5. The van der Waals surface area contributed by atoms with Crippen LogP contribution in [0, 0.1) is 0 Å². The lowest BCUT2D eigenvalue weighted by Crippen LogP contribution is -2.18. The second kappa shape index (κ2) is 14.6. The average Bonchev–Trinajstić information content (AvgIpc) is 3.88. The number of aromatic nitrogens is 4. The molecule has 0 saturated carbocycles. The summed E-state index contributed by atoms with van der Waals surface area (Å²) in [6, 6.07) is 75.6. The summed E-state index contributed by atoms with van der Waals surface area (Å²) in [6.07, 6.45) is 3.38. The summed E-state index contributed by atoms with van der Waals surface area (Å²) in [5.74, 6) is 2.10. The first-order valence-corrected chi connectivity index (χ1v) is 22.0. The molecule has 0 fully saturated rings. The van der Waals surface area contributed by atoms with Crippen LogP contribution in [0.2, 0.25) is 0 Å². The Morgan fingerprint density at radius 3 is 1.86 bits per heavy atom. The van der Waals surface area contributed by atoms with Crippen LogP contribution in [0.5, 0.6) is 0 Å². The Morgan fingerprint density at radius 1 is 0.422 bits per heavy atom. The van der Waals surface area contributed by atoms with Crippen molar-refractivity contribution < 1.29 is 0 Å². The maximum Gasteiger partial charge on any atom is 0.164 e. The Kier molecular flexibility index (Phi) is 8.28. The van der Waals surface area contributed by atoms with Crippen LogP contribution < -0.4 is 4.90 Å². The van der Waals surface area contributed by atoms with Gasteiger partial charge in [-0.3, -0.25) is 0 Å². The number of para-hydroxylation sites is 2. The van der Waals surface area contributed by atoms with Crippen LogP contribution >= 0.6 is 0 Å². The maximum absolute atomic E-state index is 5.27. The zero-order chi connectivity index (χ0) is 42.1. The quantitative estimate of drug-likeness (QED) is 0.168. The zero-order valence-electron chi connectivity index (χ0n) is 34.8. The third kappa shape index (κ3) is 5.75. The van der Waals surface area contributed by atoms with Crippen molar-refractivity contribution in [1.82, 2.24) is 19.5 Å². The molecule has 13 rings (SSSR count). The highest BCUT2D eigenvalue weighted by molar-refractivity contribution is 6.10. The molecule has 3 heterocycles. The minimum absolute atomic E-state index is 0.189. The highest BCUT2D eigenvalue weighted by atomic mass is 15.2. The summed E-state index contributed by atoms with van der Waals surface area (Å²) in [5.41, 5.74) is 15.1. The van der Waals surface area contributed by atoms with Gasteiger partial charge in [-0.2, -0.15) is 0 Å². The number of anilines is 2. The van der Waals surface area contributed by atoms with Gasteiger partial charge in [0, 0.05) is 55.8 Å². The Morgan fingerprint density at radius 2 is 1.05 bits per heavy atom. The molecule has 0 saturated heterocycles. The number of rotatable bonds is 6. The summed E-state index contributed by atoms with van der Waals surface area (Å²) in [7, 11) is 0. The van der Waals surface area contributed by atoms with Gasteiger partial charge in [0.05, 0.1) is 16.9 Å². The number of hydrogen-bond donors (Lipinski definition) is 0. The van der Waals surface area contributed by atoms with Crippen molar-refractivity contribution in [3.63, 3.8) is 0 Å². The second-order valence-electron chi connectivity index (χ2n) is 16.7. The van der Waals surface area contributed by atoms with Crippen molar-refractivity contribution in [2.75, 3.05) is 4.90 Å². The molecular weight excluding hydrogens is 779 g/mol. The van der Waals surface area contributed by atoms with Gasteiger partial charge in [-0.15, -0.1) is 0 Å². The molecule has 0 N–H and O–H groups in total. The lowest BCUT2D eigenvalue weighted by molar-refractivity contribution is 0.797. The van der Waals surface area contributed by atoms with E-state index in [-0.39, 0.29) is 5.92 Å². The normalized spacial score (nSPS) is 14.1. The lowest BCUT2D eigenvalue weighted by Gasteiger charge is -2.28. The van der Waals surface area contributed by atoms with E-state index in [0.29, 0.717) is 17.5 Å². The highest BCUT2D eigenvalue weighted by Crippen LogP contribution is 2.55. The van der Waals surface area contributed by atoms with E-state index in [2.05, 4.69) is 204 Å². The van der Waals surface area contributed by atoms with Crippen molar-refractivity contribution >= 4 is 49.9 Å². The Bertz CT molecular complexity index is 3650. The Hall–Kier alpha value is -8.41. The van der Waals surface area contributed by atoms with Crippen LogP contribution in [0.3, 0.4) is 0 Å². The fraction of sp³-hybridized carbons (Fsp3) is 0.0339. The molecule has 0 bridgehead atoms. The van der Waals surface area contributed by atoms with Gasteiger partial charge in [0.15, 0.2) is 17.5 Å². The lowest BCUT2D eigenvalue weighted by atomic mass is 9.86. The fourth-order valence-corrected chi connectivity index (χ4v) is 10.3. The van der Waals surface area contributed by atoms with Crippen LogP contribution in [-0.2, 0) is 6.42 Å². The third-order valence-corrected chi connectivity index (χ3v) is 13.2. The van der Waals surface area contributed by atoms with E-state index in [1.165, 1.54) is 49.9 Å². The molecule has 64 heavy (non-hydrogen) atoms. The van der Waals surface area contributed by atoms with Gasteiger partial charge < -0.3 is 9.47 Å². The smallest absolute Gasteiger partial charge is 0.164 e. The SMILES string of the molecule is C1=C2C(Cc3c1n(-c1ccccc1)c1c3ccc3ccccc31)c1ccccc1N2c1ccc(-c2nc(-c3ccccc3)nc(-c3cccc(-c4ccccc4)c3)n2)c2ccccc12. The van der Waals surface area contributed by atoms with Crippen molar-refractivity contribution in [1.29, 1.82) is 0 Å². The van der Waals surface area contributed by atoms with E-state index in [0.717, 1.165) is 56.4 Å². The molecule has 1 aliphatic heterocycles. The van der Waals surface area contributed by atoms with E-state index in [9.17, 15) is 0 Å². The van der Waals surface area contributed by atoms with Crippen LogP contribution in [0.1, 0.15) is 22.7 Å². The maximum atomic E-state index is 5.27. The van der Waals surface area contributed by atoms with E-state index < -0.39 is 0 Å². The first-order chi connectivity index (χ1) is 31.7. The molecule has 1 atom stereocenters. The predicted octanol–water partition coefficient (Wildman–Crippen LogP) is 14.6. The Balaban J connectivity index is 1.00. The zero-order valence-corrected chi connectivity index (χ0v) is 34.8. The van der Waals surface area contributed by atoms with E-state index in [1.54, 1.807) is 0 Å². The van der Waals surface area contributed by atoms with Crippen LogP contribution in [0.15, 0.2) is 218 Å². The van der Waals surface area contributed by atoms with Crippen LogP contribution in [0.4, 0.5) is 11.4 Å². The van der Waals surface area contributed by atoms with Gasteiger partial charge in [-0.25, -0.2) is 15.0 Å². The van der Waals surface area contributed by atoms with E-state index >= 15 is 0 Å². The molecule has 5 heteroatoms. The molecule has 2 aliphatic rings. The summed E-state index contributed by atoms with van der Waals surface area (Å²) in [4.78, 5) is 18.1. The van der Waals surface area contributed by atoms with E-state index in [4.69, 9.17) is 15.0 Å². The van der Waals surface area contributed by atoms with Crippen molar-refractivity contribution in [3.05, 3.63) is 235 Å². The largest absolute Gasteiger partial charge is 0.313 e. The third-order valence-electron chi connectivity index (χ3n) is 13.2. The fourth-order valence-electron chi connectivity index (χ4n) is 10.3. The van der Waals surface area contributed by atoms with Crippen LogP contribution in [0.25, 0.3) is 89.5 Å². The molecule has 1 unspecified atom stereocenters. The van der Waals surface area contributed by atoms with Gasteiger partial charge in [0.1, 0.15) is 0 Å². The molecule has 300 valence electrons. The van der Waals surface area contributed by atoms with Gasteiger partial charge in [0.2, 0.25) is 0 Å². The standard InChI is InChI=1S/C59H39N5/c1-4-17-38(18-5-1)41-22-16-23-42(35-41)58-60-57(40-20-6-2-7-21-40)61-59(62-58)49-33-34-53(46-28-13-12-27-45(46)49)64-52-30-15-14-29-47(52)50-36-51-48-32-31-39-19-10-11-26-44(39)56(48)63(54(51)37-55(50)64)43-24-8-3-9-25-43/h1-35,37,50H,36H2. The second-order valence-corrected chi connectivity index (χ2v) is 16.7. The van der Waals surface area contributed by atoms with Gasteiger partial charge in [-0.05, 0) is 81.9 Å². The van der Waals surface area contributed by atoms with Crippen molar-refractivity contribution in [2.24, 2.45) is 0 Å². The molecular formula is C59H39N5. The highest BCUT2D eigenvalue weighted by Gasteiger charge is 2.40. The number of allylic oxidation sites excluding steroid dienone is 1. The van der Waals surface area contributed by atoms with Gasteiger partial charge >= 0.3 is 0 Å². The van der Waals surface area contributed by atoms with Crippen molar-refractivity contribution in [2.45, 2.75) is 12.3 Å². The number of fused-ring (bicyclic) bond motifs is 9. The summed E-state index contributed by atoms with van der Waals surface area (Å²) in [6.45, 7) is 0. The molecule has 2 aromatic heterocycles.